The van der Waals surface area contributed by atoms with E-state index in [4.69, 9.17) is 21.4 Å². The van der Waals surface area contributed by atoms with Crippen LogP contribution in [0.5, 0.6) is 0 Å². The van der Waals surface area contributed by atoms with Gasteiger partial charge in [-0.1, -0.05) is 11.6 Å². The molecule has 0 atom stereocenters. The molecule has 0 heterocycles. The van der Waals surface area contributed by atoms with Gasteiger partial charge in [0.15, 0.2) is 0 Å². The van der Waals surface area contributed by atoms with Crippen molar-refractivity contribution in [1.82, 2.24) is 0 Å². The average molecular weight is 254 g/mol. The quantitative estimate of drug-likeness (QED) is 0.776. The lowest BCUT2D eigenvalue weighted by molar-refractivity contribution is 0.483. The number of benzene rings is 1. The summed E-state index contributed by atoms with van der Waals surface area (Å²) in [7, 11) is -4.30. The van der Waals surface area contributed by atoms with Crippen LogP contribution in [0.25, 0.3) is 0 Å². The standard InChI is InChI=1S/C7H4ClNO3S.ClH/c8-6-3-5(4-9)1-2-7(6)13(10,11)12;/h1-3H,(H,10,11,12);1H. The Morgan fingerprint density at radius 1 is 1.43 bits per heavy atom. The number of rotatable bonds is 1. The summed E-state index contributed by atoms with van der Waals surface area (Å²) in [6.45, 7) is 0. The zero-order valence-electron chi connectivity index (χ0n) is 6.64. The molecule has 0 spiro atoms. The molecule has 1 aromatic carbocycles. The first kappa shape index (κ1) is 13.2. The van der Waals surface area contributed by atoms with Crippen LogP contribution in [0.15, 0.2) is 23.1 Å². The molecular weight excluding hydrogens is 249 g/mol. The van der Waals surface area contributed by atoms with E-state index in [1.165, 1.54) is 12.1 Å². The van der Waals surface area contributed by atoms with Gasteiger partial charge in [0.2, 0.25) is 0 Å². The van der Waals surface area contributed by atoms with Gasteiger partial charge in [0, 0.05) is 0 Å². The SMILES string of the molecule is Cl.N#Cc1ccc(S(=O)(=O)O)c(Cl)c1. The molecule has 0 aliphatic heterocycles. The Kier molecular flexibility index (Phi) is 4.36. The summed E-state index contributed by atoms with van der Waals surface area (Å²) < 4.78 is 29.9. The zero-order chi connectivity index (χ0) is 10.1. The lowest BCUT2D eigenvalue weighted by Gasteiger charge is -1.99. The highest BCUT2D eigenvalue weighted by molar-refractivity contribution is 7.86. The molecule has 0 aromatic heterocycles. The van der Waals surface area contributed by atoms with Crippen LogP contribution in [0.4, 0.5) is 0 Å². The van der Waals surface area contributed by atoms with E-state index in [0.717, 1.165) is 6.07 Å². The minimum Gasteiger partial charge on any atom is -0.282 e. The molecule has 0 aliphatic rings. The van der Waals surface area contributed by atoms with Gasteiger partial charge >= 0.3 is 0 Å². The van der Waals surface area contributed by atoms with Crippen LogP contribution in [-0.2, 0) is 10.1 Å². The number of nitrogens with zero attached hydrogens (tertiary/aromatic N) is 1. The van der Waals surface area contributed by atoms with E-state index in [1.54, 1.807) is 6.07 Å². The molecule has 0 saturated carbocycles. The molecule has 1 aromatic rings. The fourth-order valence-corrected chi connectivity index (χ4v) is 1.80. The number of hydrogen-bond donors (Lipinski definition) is 1. The van der Waals surface area contributed by atoms with Crippen molar-refractivity contribution >= 4 is 34.1 Å². The predicted molar refractivity (Wildman–Crippen MR) is 53.2 cm³/mol. The summed E-state index contributed by atoms with van der Waals surface area (Å²) >= 11 is 5.50. The average Bonchev–Trinajstić information content (AvgIpc) is 2.01. The molecule has 7 heteroatoms. The lowest BCUT2D eigenvalue weighted by atomic mass is 10.2. The van der Waals surface area contributed by atoms with Crippen LogP contribution in [0.1, 0.15) is 5.56 Å². The van der Waals surface area contributed by atoms with Crippen molar-refractivity contribution < 1.29 is 13.0 Å². The third-order valence-corrected chi connectivity index (χ3v) is 2.68. The molecule has 0 radical (unpaired) electrons. The first-order valence-corrected chi connectivity index (χ1v) is 4.94. The summed E-state index contributed by atoms with van der Waals surface area (Å²) in [6.07, 6.45) is 0. The molecule has 0 amide bonds. The molecule has 0 bridgehead atoms. The van der Waals surface area contributed by atoms with E-state index >= 15 is 0 Å². The van der Waals surface area contributed by atoms with Gasteiger partial charge in [0.05, 0.1) is 16.7 Å². The van der Waals surface area contributed by atoms with E-state index in [9.17, 15) is 8.42 Å². The minimum atomic E-state index is -4.30. The second-order valence-corrected chi connectivity index (χ2v) is 4.03. The number of nitriles is 1. The van der Waals surface area contributed by atoms with Gasteiger partial charge in [-0.2, -0.15) is 13.7 Å². The molecule has 4 nitrogen and oxygen atoms in total. The van der Waals surface area contributed by atoms with Crippen molar-refractivity contribution in [2.75, 3.05) is 0 Å². The summed E-state index contributed by atoms with van der Waals surface area (Å²) in [5.41, 5.74) is 0.234. The number of halogens is 2. The zero-order valence-corrected chi connectivity index (χ0v) is 9.03. The summed E-state index contributed by atoms with van der Waals surface area (Å²) in [5.74, 6) is 0. The van der Waals surface area contributed by atoms with Crippen molar-refractivity contribution in [2.45, 2.75) is 4.90 Å². The van der Waals surface area contributed by atoms with Gasteiger partial charge in [-0.25, -0.2) is 0 Å². The van der Waals surface area contributed by atoms with E-state index in [0.29, 0.717) is 0 Å². The molecule has 0 fully saturated rings. The summed E-state index contributed by atoms with van der Waals surface area (Å²) in [4.78, 5) is -0.395. The maximum atomic E-state index is 10.6. The van der Waals surface area contributed by atoms with Crippen LogP contribution in [0.3, 0.4) is 0 Å². The maximum Gasteiger partial charge on any atom is 0.296 e. The third kappa shape index (κ3) is 2.86. The Morgan fingerprint density at radius 3 is 2.36 bits per heavy atom. The Balaban J connectivity index is 0.00000169. The first-order chi connectivity index (χ1) is 5.95. The Labute approximate surface area is 92.3 Å². The van der Waals surface area contributed by atoms with E-state index in [1.807, 2.05) is 0 Å². The number of hydrogen-bond acceptors (Lipinski definition) is 3. The van der Waals surface area contributed by atoms with Crippen LogP contribution in [0, 0.1) is 11.3 Å². The van der Waals surface area contributed by atoms with E-state index in [-0.39, 0.29) is 23.0 Å². The normalized spacial score (nSPS) is 10.1. The molecule has 0 saturated heterocycles. The minimum absolute atomic E-state index is 0. The third-order valence-electron chi connectivity index (χ3n) is 1.34. The molecule has 76 valence electrons. The highest BCUT2D eigenvalue weighted by Crippen LogP contribution is 2.21. The van der Waals surface area contributed by atoms with Gasteiger partial charge in [-0.05, 0) is 18.2 Å². The second-order valence-electron chi connectivity index (χ2n) is 2.23. The smallest absolute Gasteiger partial charge is 0.282 e. The molecule has 1 rings (SSSR count). The lowest BCUT2D eigenvalue weighted by Crippen LogP contribution is -1.98. The predicted octanol–water partition coefficient (Wildman–Crippen LogP) is 1.88. The molecule has 0 unspecified atom stereocenters. The van der Waals surface area contributed by atoms with Crippen LogP contribution in [0.2, 0.25) is 5.02 Å². The highest BCUT2D eigenvalue weighted by Gasteiger charge is 2.14. The summed E-state index contributed by atoms with van der Waals surface area (Å²) in [5, 5.41) is 8.27. The van der Waals surface area contributed by atoms with Crippen LogP contribution < -0.4 is 0 Å². The maximum absolute atomic E-state index is 10.6. The topological polar surface area (TPSA) is 78.2 Å². The largest absolute Gasteiger partial charge is 0.296 e. The van der Waals surface area contributed by atoms with Crippen molar-refractivity contribution in [3.8, 4) is 6.07 Å². The Bertz CT molecular complexity index is 478. The van der Waals surface area contributed by atoms with Crippen LogP contribution in [-0.4, -0.2) is 13.0 Å². The van der Waals surface area contributed by atoms with E-state index < -0.39 is 15.0 Å². The monoisotopic (exact) mass is 253 g/mol. The van der Waals surface area contributed by atoms with Gasteiger partial charge in [0.1, 0.15) is 4.90 Å². The first-order valence-electron chi connectivity index (χ1n) is 3.12. The Hall–Kier alpha value is -0.800. The fraction of sp³-hybridized carbons (Fsp3) is 0. The van der Waals surface area contributed by atoms with Gasteiger partial charge in [-0.15, -0.1) is 12.4 Å². The Morgan fingerprint density at radius 2 is 2.00 bits per heavy atom. The molecule has 1 N–H and O–H groups in total. The fourth-order valence-electron chi connectivity index (χ4n) is 0.780. The van der Waals surface area contributed by atoms with Crippen molar-refractivity contribution in [1.29, 1.82) is 5.26 Å². The molecule has 0 aliphatic carbocycles. The molecular formula is C7H5Cl2NO3S. The van der Waals surface area contributed by atoms with Crippen molar-refractivity contribution in [3.05, 3.63) is 28.8 Å². The van der Waals surface area contributed by atoms with Crippen molar-refractivity contribution in [3.63, 3.8) is 0 Å². The van der Waals surface area contributed by atoms with Gasteiger partial charge < -0.3 is 0 Å². The van der Waals surface area contributed by atoms with Gasteiger partial charge in [-0.3, -0.25) is 4.55 Å². The highest BCUT2D eigenvalue weighted by atomic mass is 35.5. The van der Waals surface area contributed by atoms with E-state index in [2.05, 4.69) is 0 Å². The van der Waals surface area contributed by atoms with Gasteiger partial charge in [0.25, 0.3) is 10.1 Å². The summed E-state index contributed by atoms with van der Waals surface area (Å²) in [6, 6.07) is 5.30. The van der Waals surface area contributed by atoms with Crippen molar-refractivity contribution in [2.24, 2.45) is 0 Å². The second kappa shape index (κ2) is 4.62. The molecule has 14 heavy (non-hydrogen) atoms. The van der Waals surface area contributed by atoms with Crippen LogP contribution >= 0.6 is 24.0 Å².